The van der Waals surface area contributed by atoms with E-state index >= 15 is 0 Å². The molecule has 0 unspecified atom stereocenters. The number of nitrogens with zero attached hydrogens (tertiary/aromatic N) is 3. The molecule has 23 heavy (non-hydrogen) atoms. The lowest BCUT2D eigenvalue weighted by Gasteiger charge is -2.04. The van der Waals surface area contributed by atoms with Crippen LogP contribution in [0.3, 0.4) is 0 Å². The predicted octanol–water partition coefficient (Wildman–Crippen LogP) is 3.92. The van der Waals surface area contributed by atoms with Crippen molar-refractivity contribution < 1.29 is 4.52 Å². The second-order valence-electron chi connectivity index (χ2n) is 5.00. The first-order valence-electron chi connectivity index (χ1n) is 6.85. The summed E-state index contributed by atoms with van der Waals surface area (Å²) in [6.07, 6.45) is 1.54. The van der Waals surface area contributed by atoms with E-state index in [1.54, 1.807) is 17.4 Å². The van der Waals surface area contributed by atoms with Crippen molar-refractivity contribution in [2.75, 3.05) is 0 Å². The molecule has 0 fully saturated rings. The lowest BCUT2D eigenvalue weighted by molar-refractivity contribution is 0.421. The van der Waals surface area contributed by atoms with Gasteiger partial charge in [0.05, 0.1) is 28.7 Å². The Balaban J connectivity index is 1.70. The van der Waals surface area contributed by atoms with Gasteiger partial charge in [0.15, 0.2) is 5.76 Å². The lowest BCUT2D eigenvalue weighted by atomic mass is 10.2. The van der Waals surface area contributed by atoms with Crippen molar-refractivity contribution in [3.63, 3.8) is 0 Å². The van der Waals surface area contributed by atoms with Crippen LogP contribution in [0.5, 0.6) is 0 Å². The third-order valence-corrected chi connectivity index (χ3v) is 4.82. The molecule has 7 heteroatoms. The second kappa shape index (κ2) is 5.75. The summed E-state index contributed by atoms with van der Waals surface area (Å²) in [6, 6.07) is 11.2. The number of halogens is 1. The van der Waals surface area contributed by atoms with Gasteiger partial charge >= 0.3 is 0 Å². The van der Waals surface area contributed by atoms with E-state index in [9.17, 15) is 4.79 Å². The highest BCUT2D eigenvalue weighted by Crippen LogP contribution is 2.25. The van der Waals surface area contributed by atoms with Gasteiger partial charge < -0.3 is 4.52 Å². The molecule has 0 atom stereocenters. The highest BCUT2D eigenvalue weighted by Gasteiger charge is 2.10. The average Bonchev–Trinajstić information content (AvgIpc) is 3.22. The molecule has 0 aliphatic heterocycles. The van der Waals surface area contributed by atoms with E-state index in [-0.39, 0.29) is 5.56 Å². The minimum absolute atomic E-state index is 0.100. The molecule has 0 N–H and O–H groups in total. The van der Waals surface area contributed by atoms with Gasteiger partial charge in [0.25, 0.3) is 5.56 Å². The maximum absolute atomic E-state index is 12.6. The van der Waals surface area contributed by atoms with Crippen LogP contribution in [0.4, 0.5) is 0 Å². The molecular formula is C16H10BrN3O2S. The van der Waals surface area contributed by atoms with E-state index in [1.165, 1.54) is 10.9 Å². The summed E-state index contributed by atoms with van der Waals surface area (Å²) in [5, 5.41) is 6.59. The fourth-order valence-corrected chi connectivity index (χ4v) is 3.37. The summed E-state index contributed by atoms with van der Waals surface area (Å²) in [5.41, 5.74) is 1.26. The molecule has 0 saturated heterocycles. The van der Waals surface area contributed by atoms with Gasteiger partial charge in [0, 0.05) is 10.5 Å². The molecule has 3 heterocycles. The molecule has 0 radical (unpaired) electrons. The van der Waals surface area contributed by atoms with Crippen molar-refractivity contribution in [2.24, 2.45) is 0 Å². The van der Waals surface area contributed by atoms with Crippen molar-refractivity contribution in [3.8, 4) is 10.6 Å². The highest BCUT2D eigenvalue weighted by atomic mass is 79.9. The Bertz CT molecular complexity index is 1040. The monoisotopic (exact) mass is 387 g/mol. The van der Waals surface area contributed by atoms with Gasteiger partial charge in [-0.1, -0.05) is 27.2 Å². The second-order valence-corrected chi connectivity index (χ2v) is 6.86. The summed E-state index contributed by atoms with van der Waals surface area (Å²) in [6.45, 7) is 0.323. The van der Waals surface area contributed by atoms with Crippen molar-refractivity contribution in [2.45, 2.75) is 6.54 Å². The van der Waals surface area contributed by atoms with Gasteiger partial charge in [-0.05, 0) is 29.6 Å². The molecule has 1 aromatic carbocycles. The first-order valence-corrected chi connectivity index (χ1v) is 8.52. The van der Waals surface area contributed by atoms with Gasteiger partial charge in [-0.25, -0.2) is 4.98 Å². The van der Waals surface area contributed by atoms with E-state index in [4.69, 9.17) is 4.52 Å². The van der Waals surface area contributed by atoms with Gasteiger partial charge in [-0.15, -0.1) is 11.3 Å². The third kappa shape index (κ3) is 2.73. The smallest absolute Gasteiger partial charge is 0.261 e. The minimum atomic E-state index is -0.100. The average molecular weight is 388 g/mol. The van der Waals surface area contributed by atoms with E-state index in [2.05, 4.69) is 26.1 Å². The summed E-state index contributed by atoms with van der Waals surface area (Å²) in [4.78, 5) is 17.9. The molecule has 4 rings (SSSR count). The normalized spacial score (nSPS) is 11.2. The van der Waals surface area contributed by atoms with Crippen LogP contribution in [-0.2, 0) is 6.54 Å². The highest BCUT2D eigenvalue weighted by molar-refractivity contribution is 9.10. The van der Waals surface area contributed by atoms with Crippen molar-refractivity contribution in [1.29, 1.82) is 0 Å². The fourth-order valence-electron chi connectivity index (χ4n) is 2.34. The van der Waals surface area contributed by atoms with E-state index < -0.39 is 0 Å². The molecule has 0 bridgehead atoms. The Morgan fingerprint density at radius 2 is 2.17 bits per heavy atom. The number of aromatic nitrogens is 3. The number of hydrogen-bond acceptors (Lipinski definition) is 5. The Labute approximate surface area is 143 Å². The van der Waals surface area contributed by atoms with E-state index in [0.717, 1.165) is 9.35 Å². The number of hydrogen-bond donors (Lipinski definition) is 0. The third-order valence-electron chi connectivity index (χ3n) is 3.44. The standard InChI is InChI=1S/C16H10BrN3O2S/c17-10-3-4-13-12(6-10)16(21)20(9-18-13)8-11-7-14(22-19-11)15-2-1-5-23-15/h1-7,9H,8H2. The summed E-state index contributed by atoms with van der Waals surface area (Å²) < 4.78 is 7.73. The molecule has 5 nitrogen and oxygen atoms in total. The van der Waals surface area contributed by atoms with Crippen molar-refractivity contribution in [3.05, 3.63) is 68.6 Å². The van der Waals surface area contributed by atoms with Crippen LogP contribution in [-0.4, -0.2) is 14.7 Å². The molecule has 4 aromatic rings. The summed E-state index contributed by atoms with van der Waals surface area (Å²) in [5.74, 6) is 0.708. The molecular weight excluding hydrogens is 378 g/mol. The SMILES string of the molecule is O=c1c2cc(Br)ccc2ncn1Cc1cc(-c2cccs2)on1. The maximum Gasteiger partial charge on any atom is 0.261 e. The topological polar surface area (TPSA) is 60.9 Å². The minimum Gasteiger partial charge on any atom is -0.355 e. The number of benzene rings is 1. The van der Waals surface area contributed by atoms with Crippen LogP contribution in [0.1, 0.15) is 5.69 Å². The molecule has 0 aliphatic rings. The zero-order valence-corrected chi connectivity index (χ0v) is 14.2. The number of rotatable bonds is 3. The van der Waals surface area contributed by atoms with Crippen molar-refractivity contribution in [1.82, 2.24) is 14.7 Å². The van der Waals surface area contributed by atoms with Crippen LogP contribution in [0.15, 0.2) is 61.9 Å². The zero-order chi connectivity index (χ0) is 15.8. The maximum atomic E-state index is 12.6. The fraction of sp³-hybridized carbons (Fsp3) is 0.0625. The van der Waals surface area contributed by atoms with Crippen LogP contribution in [0.2, 0.25) is 0 Å². The molecule has 0 spiro atoms. The van der Waals surface area contributed by atoms with E-state index in [0.29, 0.717) is 28.9 Å². The zero-order valence-electron chi connectivity index (χ0n) is 11.8. The van der Waals surface area contributed by atoms with Crippen LogP contribution < -0.4 is 5.56 Å². The van der Waals surface area contributed by atoms with Crippen molar-refractivity contribution >= 4 is 38.2 Å². The van der Waals surface area contributed by atoms with Gasteiger partial charge in [0.2, 0.25) is 0 Å². The quantitative estimate of drug-likeness (QED) is 0.534. The summed E-state index contributed by atoms with van der Waals surface area (Å²) in [7, 11) is 0. The first kappa shape index (κ1) is 14.3. The molecule has 0 amide bonds. The Morgan fingerprint density at radius 3 is 3.00 bits per heavy atom. The number of thiophene rings is 1. The molecule has 3 aromatic heterocycles. The number of fused-ring (bicyclic) bond motifs is 1. The van der Waals surface area contributed by atoms with Gasteiger partial charge in [-0.2, -0.15) is 0 Å². The van der Waals surface area contributed by atoms with E-state index in [1.807, 2.05) is 35.7 Å². The molecule has 0 saturated carbocycles. The van der Waals surface area contributed by atoms with Crippen LogP contribution >= 0.6 is 27.3 Å². The van der Waals surface area contributed by atoms with Gasteiger partial charge in [-0.3, -0.25) is 9.36 Å². The first-order chi connectivity index (χ1) is 11.2. The molecule has 114 valence electrons. The lowest BCUT2D eigenvalue weighted by Crippen LogP contribution is -2.21. The largest absolute Gasteiger partial charge is 0.355 e. The Hall–Kier alpha value is -2.25. The predicted molar refractivity (Wildman–Crippen MR) is 92.6 cm³/mol. The Kier molecular flexibility index (Phi) is 3.59. The van der Waals surface area contributed by atoms with Crippen LogP contribution in [0, 0.1) is 0 Å². The Morgan fingerprint density at radius 1 is 1.26 bits per heavy atom. The van der Waals surface area contributed by atoms with Gasteiger partial charge in [0.1, 0.15) is 5.69 Å². The summed E-state index contributed by atoms with van der Waals surface area (Å²) >= 11 is 4.96. The van der Waals surface area contributed by atoms with Crippen LogP contribution in [0.25, 0.3) is 21.5 Å². The molecule has 0 aliphatic carbocycles.